The third-order valence-electron chi connectivity index (χ3n) is 3.09. The van der Waals surface area contributed by atoms with Gasteiger partial charge in [0.15, 0.2) is 0 Å². The maximum absolute atomic E-state index is 12.3. The molecule has 3 rings (SSSR count). The van der Waals surface area contributed by atoms with Crippen molar-refractivity contribution in [3.63, 3.8) is 0 Å². The van der Waals surface area contributed by atoms with E-state index in [0.29, 0.717) is 12.1 Å². The van der Waals surface area contributed by atoms with Crippen molar-refractivity contribution in [1.29, 1.82) is 0 Å². The Morgan fingerprint density at radius 2 is 1.95 bits per heavy atom. The van der Waals surface area contributed by atoms with E-state index in [-0.39, 0.29) is 5.91 Å². The molecule has 0 saturated heterocycles. The molecule has 2 aromatic carbocycles. The minimum absolute atomic E-state index is 0.0563. The van der Waals surface area contributed by atoms with Gasteiger partial charge in [-0.25, -0.2) is 4.98 Å². The second-order valence-electron chi connectivity index (χ2n) is 4.46. The van der Waals surface area contributed by atoms with Gasteiger partial charge in [0.2, 0.25) is 0 Å². The monoisotopic (exact) mass is 314 g/mol. The van der Waals surface area contributed by atoms with Crippen LogP contribution in [0.2, 0.25) is 0 Å². The molecule has 0 atom stereocenters. The van der Waals surface area contributed by atoms with Crippen molar-refractivity contribution in [2.45, 2.75) is 11.4 Å². The normalized spacial score (nSPS) is 10.7. The molecule has 106 valence electrons. The van der Waals surface area contributed by atoms with Gasteiger partial charge in [0, 0.05) is 4.90 Å². The zero-order chi connectivity index (χ0) is 14.7. The first kappa shape index (κ1) is 14.1. The summed E-state index contributed by atoms with van der Waals surface area (Å²) in [5.74, 6) is -0.0563. The number of para-hydroxylation sites is 1. The molecular weight excluding hydrogens is 300 g/mol. The molecule has 0 radical (unpaired) electrons. The summed E-state index contributed by atoms with van der Waals surface area (Å²) < 4.78 is 1.14. The quantitative estimate of drug-likeness (QED) is 0.741. The van der Waals surface area contributed by atoms with Crippen LogP contribution >= 0.6 is 23.1 Å². The van der Waals surface area contributed by atoms with Gasteiger partial charge in [-0.2, -0.15) is 0 Å². The van der Waals surface area contributed by atoms with E-state index >= 15 is 0 Å². The number of thioether (sulfide) groups is 1. The highest BCUT2D eigenvalue weighted by Crippen LogP contribution is 2.22. The number of carbonyl (C=O) groups excluding carboxylic acids is 1. The van der Waals surface area contributed by atoms with Crippen molar-refractivity contribution >= 4 is 39.2 Å². The maximum Gasteiger partial charge on any atom is 0.252 e. The number of amides is 1. The van der Waals surface area contributed by atoms with Crippen LogP contribution in [0.15, 0.2) is 53.4 Å². The first-order valence-corrected chi connectivity index (χ1v) is 8.58. The summed E-state index contributed by atoms with van der Waals surface area (Å²) in [6.07, 6.45) is 1.97. The van der Waals surface area contributed by atoms with Crippen LogP contribution in [0.5, 0.6) is 0 Å². The highest BCUT2D eigenvalue weighted by atomic mass is 32.2. The first-order chi connectivity index (χ1) is 10.3. The molecule has 0 saturated carbocycles. The fraction of sp³-hybridized carbons (Fsp3) is 0.125. The van der Waals surface area contributed by atoms with E-state index in [4.69, 9.17) is 0 Å². The molecule has 1 amide bonds. The number of benzene rings is 2. The Balaban J connectivity index is 1.73. The number of hydrogen-bond acceptors (Lipinski definition) is 4. The zero-order valence-electron chi connectivity index (χ0n) is 11.5. The van der Waals surface area contributed by atoms with Crippen LogP contribution < -0.4 is 5.32 Å². The van der Waals surface area contributed by atoms with E-state index < -0.39 is 0 Å². The number of nitrogens with zero attached hydrogens (tertiary/aromatic N) is 1. The number of carbonyl (C=O) groups is 1. The van der Waals surface area contributed by atoms with Gasteiger partial charge in [-0.1, -0.05) is 24.3 Å². The van der Waals surface area contributed by atoms with Crippen molar-refractivity contribution < 1.29 is 4.79 Å². The summed E-state index contributed by atoms with van der Waals surface area (Å²) in [5.41, 5.74) is 1.70. The Morgan fingerprint density at radius 3 is 2.76 bits per heavy atom. The predicted molar refractivity (Wildman–Crippen MR) is 89.0 cm³/mol. The van der Waals surface area contributed by atoms with Crippen LogP contribution in [0.1, 0.15) is 15.4 Å². The Bertz CT molecular complexity index is 750. The summed E-state index contributed by atoms with van der Waals surface area (Å²) in [6, 6.07) is 15.6. The molecular formula is C16H14N2OS2. The number of aromatic nitrogens is 1. The van der Waals surface area contributed by atoms with Crippen molar-refractivity contribution in [3.8, 4) is 0 Å². The summed E-state index contributed by atoms with van der Waals surface area (Å²) in [4.78, 5) is 17.8. The molecule has 0 aliphatic rings. The molecule has 3 nitrogen and oxygen atoms in total. The van der Waals surface area contributed by atoms with Gasteiger partial charge >= 0.3 is 0 Å². The molecule has 0 unspecified atom stereocenters. The van der Waals surface area contributed by atoms with Gasteiger partial charge in [-0.05, 0) is 30.5 Å². The van der Waals surface area contributed by atoms with Crippen molar-refractivity contribution in [1.82, 2.24) is 10.3 Å². The summed E-state index contributed by atoms with van der Waals surface area (Å²) in [7, 11) is 0. The lowest BCUT2D eigenvalue weighted by molar-refractivity contribution is 0.0948. The van der Waals surface area contributed by atoms with Crippen LogP contribution in [0, 0.1) is 0 Å². The molecule has 0 aliphatic carbocycles. The first-order valence-electron chi connectivity index (χ1n) is 6.53. The van der Waals surface area contributed by atoms with Gasteiger partial charge in [0.05, 0.1) is 22.3 Å². The molecule has 0 aliphatic heterocycles. The SMILES string of the molecule is CSc1ccccc1C(=O)NCc1nc2ccccc2s1. The molecule has 0 fully saturated rings. The lowest BCUT2D eigenvalue weighted by Crippen LogP contribution is -2.23. The minimum atomic E-state index is -0.0563. The van der Waals surface area contributed by atoms with Crippen molar-refractivity contribution in [3.05, 3.63) is 59.1 Å². The smallest absolute Gasteiger partial charge is 0.252 e. The molecule has 0 bridgehead atoms. The lowest BCUT2D eigenvalue weighted by atomic mass is 10.2. The number of nitrogens with one attached hydrogen (secondary N) is 1. The van der Waals surface area contributed by atoms with E-state index in [1.54, 1.807) is 23.1 Å². The standard InChI is InChI=1S/C16H14N2OS2/c1-20-13-8-4-2-6-11(13)16(19)17-10-15-18-12-7-3-5-9-14(12)21-15/h2-9H,10H2,1H3,(H,17,19). The molecule has 1 heterocycles. The van der Waals surface area contributed by atoms with Crippen LogP contribution in [0.3, 0.4) is 0 Å². The number of fused-ring (bicyclic) bond motifs is 1. The molecule has 0 spiro atoms. The predicted octanol–water partition coefficient (Wildman–Crippen LogP) is 3.95. The van der Waals surface area contributed by atoms with E-state index in [1.165, 1.54) is 0 Å². The Kier molecular flexibility index (Phi) is 4.22. The van der Waals surface area contributed by atoms with Gasteiger partial charge in [0.25, 0.3) is 5.91 Å². The molecule has 1 aromatic heterocycles. The Hall–Kier alpha value is -1.85. The number of thiazole rings is 1. The van der Waals surface area contributed by atoms with Crippen LogP contribution in [-0.4, -0.2) is 17.1 Å². The lowest BCUT2D eigenvalue weighted by Gasteiger charge is -2.07. The highest BCUT2D eigenvalue weighted by molar-refractivity contribution is 7.98. The largest absolute Gasteiger partial charge is 0.345 e. The van der Waals surface area contributed by atoms with E-state index in [2.05, 4.69) is 10.3 Å². The van der Waals surface area contributed by atoms with E-state index in [9.17, 15) is 4.79 Å². The second-order valence-corrected chi connectivity index (χ2v) is 6.42. The average molecular weight is 314 g/mol. The summed E-state index contributed by atoms with van der Waals surface area (Å²) in [6.45, 7) is 0.459. The zero-order valence-corrected chi connectivity index (χ0v) is 13.1. The summed E-state index contributed by atoms with van der Waals surface area (Å²) in [5, 5.41) is 3.87. The van der Waals surface area contributed by atoms with Crippen LogP contribution in [-0.2, 0) is 6.54 Å². The number of hydrogen-bond donors (Lipinski definition) is 1. The third kappa shape index (κ3) is 3.09. The van der Waals surface area contributed by atoms with Gasteiger partial charge < -0.3 is 5.32 Å². The highest BCUT2D eigenvalue weighted by Gasteiger charge is 2.11. The molecule has 3 aromatic rings. The summed E-state index contributed by atoms with van der Waals surface area (Å²) >= 11 is 3.19. The van der Waals surface area contributed by atoms with Crippen molar-refractivity contribution in [2.24, 2.45) is 0 Å². The third-order valence-corrected chi connectivity index (χ3v) is 4.92. The fourth-order valence-electron chi connectivity index (χ4n) is 2.08. The van der Waals surface area contributed by atoms with Gasteiger partial charge in [0.1, 0.15) is 5.01 Å². The molecule has 21 heavy (non-hydrogen) atoms. The average Bonchev–Trinajstić information content (AvgIpc) is 2.95. The fourth-order valence-corrected chi connectivity index (χ4v) is 3.58. The van der Waals surface area contributed by atoms with Crippen LogP contribution in [0.25, 0.3) is 10.2 Å². The Morgan fingerprint density at radius 1 is 1.19 bits per heavy atom. The van der Waals surface area contributed by atoms with Gasteiger partial charge in [-0.15, -0.1) is 23.1 Å². The second kappa shape index (κ2) is 6.28. The van der Waals surface area contributed by atoms with Gasteiger partial charge in [-0.3, -0.25) is 4.79 Å². The van der Waals surface area contributed by atoms with Crippen LogP contribution in [0.4, 0.5) is 0 Å². The maximum atomic E-state index is 12.3. The molecule has 5 heteroatoms. The number of rotatable bonds is 4. The Labute approximate surface area is 131 Å². The van der Waals surface area contributed by atoms with Crippen molar-refractivity contribution in [2.75, 3.05) is 6.26 Å². The van der Waals surface area contributed by atoms with E-state index in [0.717, 1.165) is 20.1 Å². The minimum Gasteiger partial charge on any atom is -0.345 e. The topological polar surface area (TPSA) is 42.0 Å². The van der Waals surface area contributed by atoms with E-state index in [1.807, 2.05) is 54.8 Å². The molecule has 1 N–H and O–H groups in total.